The van der Waals surface area contributed by atoms with E-state index in [9.17, 15) is 19.7 Å². The molecule has 1 aliphatic heterocycles. The van der Waals surface area contributed by atoms with Gasteiger partial charge >= 0.3 is 5.97 Å². The molecule has 0 amide bonds. The monoisotopic (exact) mass is 653 g/mol. The predicted molar refractivity (Wildman–Crippen MR) is 177 cm³/mol. The van der Waals surface area contributed by atoms with E-state index in [4.69, 9.17) is 23.6 Å². The van der Waals surface area contributed by atoms with Crippen LogP contribution in [0.1, 0.15) is 44.1 Å². The summed E-state index contributed by atoms with van der Waals surface area (Å²) in [7, 11) is 2.99. The van der Waals surface area contributed by atoms with Crippen molar-refractivity contribution in [2.45, 2.75) is 32.7 Å². The van der Waals surface area contributed by atoms with Gasteiger partial charge in [0.1, 0.15) is 29.1 Å². The Morgan fingerprint density at radius 1 is 1.09 bits per heavy atom. The van der Waals surface area contributed by atoms with Crippen LogP contribution in [0.2, 0.25) is 0 Å². The van der Waals surface area contributed by atoms with Crippen LogP contribution >= 0.6 is 11.3 Å². The van der Waals surface area contributed by atoms with Crippen LogP contribution in [0, 0.1) is 10.1 Å². The minimum Gasteiger partial charge on any atom is -0.497 e. The normalized spacial score (nSPS) is 14.6. The van der Waals surface area contributed by atoms with Crippen LogP contribution in [0.15, 0.2) is 92.2 Å². The summed E-state index contributed by atoms with van der Waals surface area (Å²) in [5.41, 5.74) is 1.18. The maximum Gasteiger partial charge on any atom is 0.338 e. The van der Waals surface area contributed by atoms with E-state index in [0.717, 1.165) is 10.8 Å². The number of carbonyl (C=O) groups excluding carboxylic acids is 1. The SMILES string of the molecule is CCCC1=C(C(=O)OCC)C(c2c(OC)ccc3ccccc23)n2c(s/c(=C\c3ccc(-c4ccc(OC)cc4[N+](=O)[O-])o3)c2=O)=N1. The first-order valence-corrected chi connectivity index (χ1v) is 15.8. The number of nitro groups is 1. The minimum atomic E-state index is -0.885. The van der Waals surface area contributed by atoms with Gasteiger partial charge < -0.3 is 18.6 Å². The Labute approximate surface area is 272 Å². The van der Waals surface area contributed by atoms with E-state index in [2.05, 4.69) is 0 Å². The smallest absolute Gasteiger partial charge is 0.338 e. The molecule has 47 heavy (non-hydrogen) atoms. The first-order chi connectivity index (χ1) is 22.8. The second-order valence-electron chi connectivity index (χ2n) is 10.7. The molecule has 3 heterocycles. The number of furan rings is 1. The second kappa shape index (κ2) is 13.1. The molecule has 3 aromatic carbocycles. The fraction of sp³-hybridized carbons (Fsp3) is 0.229. The number of thiazole rings is 1. The molecule has 2 aromatic heterocycles. The number of allylic oxidation sites excluding steroid dienone is 1. The Morgan fingerprint density at radius 3 is 2.62 bits per heavy atom. The lowest BCUT2D eigenvalue weighted by Crippen LogP contribution is -2.40. The summed E-state index contributed by atoms with van der Waals surface area (Å²) in [5.74, 6) is 0.875. The van der Waals surface area contributed by atoms with Crippen molar-refractivity contribution < 1.29 is 28.3 Å². The number of nitrogens with zero attached hydrogens (tertiary/aromatic N) is 3. The number of aromatic nitrogens is 1. The molecular weight excluding hydrogens is 622 g/mol. The topological polar surface area (TPSA) is 135 Å². The van der Waals surface area contributed by atoms with Crippen LogP contribution in [0.4, 0.5) is 5.69 Å². The molecule has 240 valence electrons. The van der Waals surface area contributed by atoms with Crippen LogP contribution in [0.3, 0.4) is 0 Å². The van der Waals surface area contributed by atoms with Crippen molar-refractivity contribution in [1.29, 1.82) is 0 Å². The average Bonchev–Trinajstić information content (AvgIpc) is 3.67. The number of carbonyl (C=O) groups is 1. The Hall–Kier alpha value is -5.49. The molecule has 11 nitrogen and oxygen atoms in total. The number of esters is 1. The van der Waals surface area contributed by atoms with Crippen LogP contribution in [-0.4, -0.2) is 36.3 Å². The molecule has 0 spiro atoms. The van der Waals surface area contributed by atoms with Crippen molar-refractivity contribution in [2.24, 2.45) is 4.99 Å². The van der Waals surface area contributed by atoms with Crippen molar-refractivity contribution in [2.75, 3.05) is 20.8 Å². The van der Waals surface area contributed by atoms with E-state index < -0.39 is 16.9 Å². The third kappa shape index (κ3) is 5.72. The molecule has 0 N–H and O–H groups in total. The van der Waals surface area contributed by atoms with Gasteiger partial charge in [0.2, 0.25) is 0 Å². The lowest BCUT2D eigenvalue weighted by Gasteiger charge is -2.28. The summed E-state index contributed by atoms with van der Waals surface area (Å²) >= 11 is 1.17. The van der Waals surface area contributed by atoms with Crippen molar-refractivity contribution in [1.82, 2.24) is 4.57 Å². The average molecular weight is 654 g/mol. The van der Waals surface area contributed by atoms with Gasteiger partial charge in [-0.1, -0.05) is 55.0 Å². The number of hydrogen-bond donors (Lipinski definition) is 0. The molecule has 0 bridgehead atoms. The first kappa shape index (κ1) is 31.5. The van der Waals surface area contributed by atoms with E-state index in [1.54, 1.807) is 44.4 Å². The number of hydrogen-bond acceptors (Lipinski definition) is 10. The van der Waals surface area contributed by atoms with Crippen LogP contribution in [0.5, 0.6) is 11.5 Å². The van der Waals surface area contributed by atoms with Crippen molar-refractivity contribution in [3.05, 3.63) is 119 Å². The van der Waals surface area contributed by atoms with Gasteiger partial charge in [-0.2, -0.15) is 0 Å². The molecular formula is C35H31N3O8S. The molecule has 0 fully saturated rings. The molecule has 0 aliphatic carbocycles. The van der Waals surface area contributed by atoms with Gasteiger partial charge in [0.25, 0.3) is 11.2 Å². The van der Waals surface area contributed by atoms with Gasteiger partial charge in [-0.25, -0.2) is 9.79 Å². The molecule has 0 radical (unpaired) electrons. The Bertz CT molecular complexity index is 2240. The van der Waals surface area contributed by atoms with Crippen LogP contribution in [0.25, 0.3) is 28.2 Å². The Kier molecular flexibility index (Phi) is 8.77. The molecule has 0 saturated heterocycles. The Morgan fingerprint density at radius 2 is 1.89 bits per heavy atom. The lowest BCUT2D eigenvalue weighted by atomic mass is 9.90. The maximum atomic E-state index is 14.3. The fourth-order valence-electron chi connectivity index (χ4n) is 5.83. The summed E-state index contributed by atoms with van der Waals surface area (Å²) in [4.78, 5) is 44.6. The van der Waals surface area contributed by atoms with Gasteiger partial charge in [-0.15, -0.1) is 0 Å². The van der Waals surface area contributed by atoms with Crippen molar-refractivity contribution in [3.8, 4) is 22.8 Å². The highest BCUT2D eigenvalue weighted by Crippen LogP contribution is 2.41. The zero-order valence-electron chi connectivity index (χ0n) is 26.1. The highest BCUT2D eigenvalue weighted by molar-refractivity contribution is 7.07. The minimum absolute atomic E-state index is 0.152. The highest BCUT2D eigenvalue weighted by Gasteiger charge is 2.37. The van der Waals surface area contributed by atoms with E-state index in [1.807, 2.05) is 43.3 Å². The van der Waals surface area contributed by atoms with Gasteiger partial charge in [-0.3, -0.25) is 19.5 Å². The summed E-state index contributed by atoms with van der Waals surface area (Å²) < 4.78 is 24.4. The molecule has 0 saturated carbocycles. The van der Waals surface area contributed by atoms with Gasteiger partial charge in [0.05, 0.1) is 53.2 Å². The summed E-state index contributed by atoms with van der Waals surface area (Å²) in [6, 6.07) is 18.3. The summed E-state index contributed by atoms with van der Waals surface area (Å²) in [6.07, 6.45) is 2.78. The number of rotatable bonds is 10. The van der Waals surface area contributed by atoms with E-state index >= 15 is 0 Å². The third-order valence-electron chi connectivity index (χ3n) is 7.88. The quantitative estimate of drug-likeness (QED) is 0.103. The molecule has 12 heteroatoms. The van der Waals surface area contributed by atoms with E-state index in [1.165, 1.54) is 29.1 Å². The van der Waals surface area contributed by atoms with Gasteiger partial charge in [-0.05, 0) is 54.4 Å². The second-order valence-corrected chi connectivity index (χ2v) is 11.7. The number of fused-ring (bicyclic) bond motifs is 2. The molecule has 1 atom stereocenters. The van der Waals surface area contributed by atoms with E-state index in [-0.39, 0.29) is 34.8 Å². The Balaban J connectivity index is 1.57. The summed E-state index contributed by atoms with van der Waals surface area (Å²) in [5, 5.41) is 13.5. The lowest BCUT2D eigenvalue weighted by molar-refractivity contribution is -0.384. The van der Waals surface area contributed by atoms with Gasteiger partial charge in [0, 0.05) is 11.6 Å². The van der Waals surface area contributed by atoms with Crippen LogP contribution < -0.4 is 24.4 Å². The van der Waals surface area contributed by atoms with Crippen LogP contribution in [-0.2, 0) is 9.53 Å². The number of ether oxygens (including phenoxy) is 3. The standard InChI is InChI=1S/C35H31N3O8S/c1-5-9-25-31(34(40)45-6-2)32(30-23-11-8-7-10-20(23)12-16-28(30)44-4)37-33(39)29(47-35(37)36-25)19-22-14-17-27(46-22)24-15-13-21(43-3)18-26(24)38(41)42/h7-8,10-19,32H,5-6,9H2,1-4H3/b29-19-. The largest absolute Gasteiger partial charge is 0.497 e. The van der Waals surface area contributed by atoms with E-state index in [0.29, 0.717) is 50.7 Å². The number of nitro benzene ring substituents is 1. The molecule has 5 aromatic rings. The molecule has 1 aliphatic rings. The molecule has 6 rings (SSSR count). The van der Waals surface area contributed by atoms with Gasteiger partial charge in [0.15, 0.2) is 4.80 Å². The van der Waals surface area contributed by atoms with Crippen molar-refractivity contribution in [3.63, 3.8) is 0 Å². The number of methoxy groups -OCH3 is 2. The zero-order valence-corrected chi connectivity index (χ0v) is 27.0. The summed E-state index contributed by atoms with van der Waals surface area (Å²) in [6.45, 7) is 3.88. The third-order valence-corrected chi connectivity index (χ3v) is 8.87. The maximum absolute atomic E-state index is 14.3. The highest BCUT2D eigenvalue weighted by atomic mass is 32.1. The molecule has 1 unspecified atom stereocenters. The zero-order chi connectivity index (χ0) is 33.2. The fourth-order valence-corrected chi connectivity index (χ4v) is 6.83. The first-order valence-electron chi connectivity index (χ1n) is 15.0. The number of benzene rings is 3. The van der Waals surface area contributed by atoms with Crippen molar-refractivity contribution >= 4 is 39.8 Å². The predicted octanol–water partition coefficient (Wildman–Crippen LogP) is 5.92.